The van der Waals surface area contributed by atoms with E-state index in [0.29, 0.717) is 24.2 Å². The molecule has 3 rings (SSSR count). The molecule has 0 fully saturated rings. The van der Waals surface area contributed by atoms with Crippen LogP contribution in [0.4, 0.5) is 0 Å². The van der Waals surface area contributed by atoms with Gasteiger partial charge in [0, 0.05) is 12.0 Å². The molecule has 1 aliphatic carbocycles. The molecule has 1 aromatic carbocycles. The van der Waals surface area contributed by atoms with E-state index in [0.717, 1.165) is 5.56 Å². The molecule has 4 heteroatoms. The molecule has 0 saturated heterocycles. The van der Waals surface area contributed by atoms with E-state index in [-0.39, 0.29) is 22.7 Å². The number of benzene rings is 1. The lowest BCUT2D eigenvalue weighted by atomic mass is 9.82. The van der Waals surface area contributed by atoms with E-state index in [2.05, 4.69) is 19.9 Å². The van der Waals surface area contributed by atoms with E-state index in [1.807, 2.05) is 30.3 Å². The second-order valence-corrected chi connectivity index (χ2v) is 6.62. The molecule has 0 radical (unpaired) electrons. The molecule has 0 amide bonds. The summed E-state index contributed by atoms with van der Waals surface area (Å²) < 4.78 is 5.69. The van der Waals surface area contributed by atoms with Crippen LogP contribution >= 0.6 is 0 Å². The van der Waals surface area contributed by atoms with Crippen LogP contribution in [0.25, 0.3) is 0 Å². The summed E-state index contributed by atoms with van der Waals surface area (Å²) in [6.07, 6.45) is 1.31. The third kappa shape index (κ3) is 2.29. The predicted molar refractivity (Wildman–Crippen MR) is 82.1 cm³/mol. The molecule has 4 nitrogen and oxygen atoms in total. The molecular formula is C18H18N2O2. The van der Waals surface area contributed by atoms with Gasteiger partial charge in [0.1, 0.15) is 17.4 Å². The average molecular weight is 294 g/mol. The summed E-state index contributed by atoms with van der Waals surface area (Å²) in [7, 11) is 0. The molecule has 1 aromatic rings. The first-order valence-electron chi connectivity index (χ1n) is 7.32. The number of Topliss-reactive ketones (excluding diaryl/α,β-unsaturated/α-hetero) is 1. The number of nitrogens with zero attached hydrogens (tertiary/aromatic N) is 1. The number of carbonyl (C=O) groups excluding carboxylic acids is 1. The number of ketones is 1. The van der Waals surface area contributed by atoms with Gasteiger partial charge in [-0.3, -0.25) is 4.79 Å². The van der Waals surface area contributed by atoms with Crippen molar-refractivity contribution < 1.29 is 9.53 Å². The van der Waals surface area contributed by atoms with Crippen LogP contribution in [0.2, 0.25) is 0 Å². The Balaban J connectivity index is 2.14. The van der Waals surface area contributed by atoms with Gasteiger partial charge in [0.25, 0.3) is 0 Å². The van der Waals surface area contributed by atoms with Crippen LogP contribution in [0.3, 0.4) is 0 Å². The first-order chi connectivity index (χ1) is 10.4. The van der Waals surface area contributed by atoms with Crippen molar-refractivity contribution in [2.75, 3.05) is 0 Å². The van der Waals surface area contributed by atoms with Crippen LogP contribution in [0.5, 0.6) is 0 Å². The van der Waals surface area contributed by atoms with Crippen molar-refractivity contribution in [3.63, 3.8) is 0 Å². The summed E-state index contributed by atoms with van der Waals surface area (Å²) in [5.41, 5.74) is 7.59. The minimum Gasteiger partial charge on any atom is -0.444 e. The van der Waals surface area contributed by atoms with Crippen LogP contribution in [0.1, 0.15) is 38.2 Å². The maximum Gasteiger partial charge on any atom is 0.205 e. The molecule has 22 heavy (non-hydrogen) atoms. The van der Waals surface area contributed by atoms with E-state index in [1.54, 1.807) is 0 Å². The van der Waals surface area contributed by atoms with Gasteiger partial charge in [-0.05, 0) is 17.4 Å². The van der Waals surface area contributed by atoms with Crippen molar-refractivity contribution in [2.45, 2.75) is 32.6 Å². The minimum absolute atomic E-state index is 0.0218. The topological polar surface area (TPSA) is 76.1 Å². The Labute approximate surface area is 129 Å². The monoisotopic (exact) mass is 294 g/mol. The Hall–Kier alpha value is -2.54. The summed E-state index contributed by atoms with van der Waals surface area (Å²) in [5, 5.41) is 9.46. The summed E-state index contributed by atoms with van der Waals surface area (Å²) in [4.78, 5) is 13.1. The van der Waals surface area contributed by atoms with Gasteiger partial charge in [0.15, 0.2) is 5.78 Å². The lowest BCUT2D eigenvalue weighted by Crippen LogP contribution is -2.19. The number of rotatable bonds is 1. The molecule has 112 valence electrons. The van der Waals surface area contributed by atoms with E-state index in [1.165, 1.54) is 0 Å². The van der Waals surface area contributed by atoms with Gasteiger partial charge in [-0.25, -0.2) is 0 Å². The number of carbonyl (C=O) groups is 1. The van der Waals surface area contributed by atoms with Gasteiger partial charge in [-0.15, -0.1) is 0 Å². The van der Waals surface area contributed by atoms with Gasteiger partial charge >= 0.3 is 0 Å². The van der Waals surface area contributed by atoms with Crippen molar-refractivity contribution in [3.8, 4) is 6.07 Å². The molecule has 2 aliphatic rings. The van der Waals surface area contributed by atoms with E-state index >= 15 is 0 Å². The Morgan fingerprint density at radius 1 is 1.27 bits per heavy atom. The first kappa shape index (κ1) is 14.4. The SMILES string of the molecule is CC1(C)CC2=C(C1)C(=O)C(c1ccccc1)C(C#N)=C(N)O2. The number of allylic oxidation sites excluding steroid dienone is 3. The molecule has 1 heterocycles. The second kappa shape index (κ2) is 5.03. The van der Waals surface area contributed by atoms with Gasteiger partial charge in [0.05, 0.1) is 5.92 Å². The fourth-order valence-corrected chi connectivity index (χ4v) is 3.22. The minimum atomic E-state index is -0.674. The van der Waals surface area contributed by atoms with Crippen LogP contribution in [0.15, 0.2) is 53.1 Å². The zero-order chi connectivity index (χ0) is 15.9. The molecule has 0 aromatic heterocycles. The molecule has 0 saturated carbocycles. The molecular weight excluding hydrogens is 276 g/mol. The van der Waals surface area contributed by atoms with Gasteiger partial charge in [-0.2, -0.15) is 5.26 Å². The highest BCUT2D eigenvalue weighted by atomic mass is 16.5. The van der Waals surface area contributed by atoms with Crippen LogP contribution < -0.4 is 5.73 Å². The highest BCUT2D eigenvalue weighted by Crippen LogP contribution is 2.47. The largest absolute Gasteiger partial charge is 0.444 e. The maximum atomic E-state index is 13.1. The zero-order valence-electron chi connectivity index (χ0n) is 12.7. The molecule has 0 spiro atoms. The summed E-state index contributed by atoms with van der Waals surface area (Å²) in [6, 6.07) is 11.3. The molecule has 2 N–H and O–H groups in total. The fourth-order valence-electron chi connectivity index (χ4n) is 3.22. The van der Waals surface area contributed by atoms with Crippen LogP contribution in [0, 0.1) is 16.7 Å². The van der Waals surface area contributed by atoms with Gasteiger partial charge in [-0.1, -0.05) is 44.2 Å². The Kier molecular flexibility index (Phi) is 3.29. The Morgan fingerprint density at radius 2 is 1.95 bits per heavy atom. The molecule has 1 atom stereocenters. The van der Waals surface area contributed by atoms with Crippen molar-refractivity contribution in [3.05, 3.63) is 58.7 Å². The molecule has 1 aliphatic heterocycles. The van der Waals surface area contributed by atoms with Crippen molar-refractivity contribution in [1.82, 2.24) is 0 Å². The quantitative estimate of drug-likeness (QED) is 0.863. The highest BCUT2D eigenvalue weighted by molar-refractivity contribution is 6.04. The molecule has 1 unspecified atom stereocenters. The van der Waals surface area contributed by atoms with Crippen LogP contribution in [-0.2, 0) is 9.53 Å². The van der Waals surface area contributed by atoms with Gasteiger partial charge < -0.3 is 10.5 Å². The second-order valence-electron chi connectivity index (χ2n) is 6.62. The number of hydrogen-bond acceptors (Lipinski definition) is 4. The zero-order valence-corrected chi connectivity index (χ0v) is 12.7. The summed E-state index contributed by atoms with van der Waals surface area (Å²) in [6.45, 7) is 4.20. The van der Waals surface area contributed by atoms with Crippen molar-refractivity contribution in [2.24, 2.45) is 11.1 Å². The standard InChI is InChI=1S/C18H18N2O2/c1-18(2)8-12-14(9-18)22-17(20)13(10-19)15(16(12)21)11-6-4-3-5-7-11/h3-7,15H,8-9,20H2,1-2H3. The predicted octanol–water partition coefficient (Wildman–Crippen LogP) is 3.14. The molecule has 0 bridgehead atoms. The smallest absolute Gasteiger partial charge is 0.205 e. The number of nitrogens with two attached hydrogens (primary N) is 1. The average Bonchev–Trinajstić information content (AvgIpc) is 2.74. The van der Waals surface area contributed by atoms with Gasteiger partial charge in [0.2, 0.25) is 5.88 Å². The Morgan fingerprint density at radius 3 is 2.59 bits per heavy atom. The number of ether oxygens (including phenoxy) is 1. The first-order valence-corrected chi connectivity index (χ1v) is 7.32. The Bertz CT molecular complexity index is 736. The number of hydrogen-bond donors (Lipinski definition) is 1. The normalized spacial score (nSPS) is 23.7. The van der Waals surface area contributed by atoms with Crippen molar-refractivity contribution >= 4 is 5.78 Å². The third-order valence-corrected chi connectivity index (χ3v) is 4.23. The number of nitriles is 1. The van der Waals surface area contributed by atoms with E-state index in [9.17, 15) is 10.1 Å². The lowest BCUT2D eigenvalue weighted by molar-refractivity contribution is -0.116. The summed E-state index contributed by atoms with van der Waals surface area (Å²) >= 11 is 0. The van der Waals surface area contributed by atoms with E-state index in [4.69, 9.17) is 10.5 Å². The van der Waals surface area contributed by atoms with Crippen molar-refractivity contribution in [1.29, 1.82) is 5.26 Å². The lowest BCUT2D eigenvalue weighted by Gasteiger charge is -2.20. The third-order valence-electron chi connectivity index (χ3n) is 4.23. The maximum absolute atomic E-state index is 13.1. The van der Waals surface area contributed by atoms with Crippen LogP contribution in [-0.4, -0.2) is 5.78 Å². The van der Waals surface area contributed by atoms with E-state index < -0.39 is 5.92 Å². The fraction of sp³-hybridized carbons (Fsp3) is 0.333. The highest BCUT2D eigenvalue weighted by Gasteiger charge is 2.42. The summed E-state index contributed by atoms with van der Waals surface area (Å²) in [5.74, 6) is -0.0672.